The number of aromatic nitrogens is 1. The molecule has 0 radical (unpaired) electrons. The molecule has 1 aromatic heterocycles. The van der Waals surface area contributed by atoms with Crippen LogP contribution in [0.5, 0.6) is 0 Å². The summed E-state index contributed by atoms with van der Waals surface area (Å²) in [5.74, 6) is -0.244. The van der Waals surface area contributed by atoms with E-state index in [4.69, 9.17) is 0 Å². The van der Waals surface area contributed by atoms with Crippen molar-refractivity contribution in [3.63, 3.8) is 0 Å². The summed E-state index contributed by atoms with van der Waals surface area (Å²) in [7, 11) is -3.54. The molecule has 2 rings (SSSR count). The highest BCUT2D eigenvalue weighted by molar-refractivity contribution is 7.89. The van der Waals surface area contributed by atoms with Gasteiger partial charge in [0.2, 0.25) is 10.0 Å². The van der Waals surface area contributed by atoms with Crippen LogP contribution >= 0.6 is 0 Å². The lowest BCUT2D eigenvalue weighted by Gasteiger charge is -2.10. The molecule has 128 valence electrons. The van der Waals surface area contributed by atoms with Gasteiger partial charge in [0.15, 0.2) is 0 Å². The minimum atomic E-state index is -3.54. The molecule has 0 saturated heterocycles. The van der Waals surface area contributed by atoms with Gasteiger partial charge in [0.05, 0.1) is 4.90 Å². The van der Waals surface area contributed by atoms with Gasteiger partial charge in [-0.05, 0) is 50.2 Å². The number of nitrogens with one attached hydrogen (secondary N) is 2. The van der Waals surface area contributed by atoms with E-state index in [1.807, 2.05) is 18.2 Å². The highest BCUT2D eigenvalue weighted by Gasteiger charge is 2.15. The van der Waals surface area contributed by atoms with Gasteiger partial charge in [0.1, 0.15) is 0 Å². The quantitative estimate of drug-likeness (QED) is 0.798. The molecule has 7 heteroatoms. The molecule has 0 saturated carbocycles. The first-order valence-electron chi connectivity index (χ1n) is 7.69. The normalized spacial score (nSPS) is 11.5. The third-order valence-corrected chi connectivity index (χ3v) is 4.88. The second kappa shape index (κ2) is 8.03. The van der Waals surface area contributed by atoms with E-state index < -0.39 is 10.0 Å². The number of carbonyl (C=O) groups is 1. The number of rotatable bonds is 7. The number of sulfonamides is 1. The molecule has 1 aromatic carbocycles. The van der Waals surface area contributed by atoms with Crippen molar-refractivity contribution in [1.82, 2.24) is 15.0 Å². The molecule has 0 spiro atoms. The van der Waals surface area contributed by atoms with Crippen LogP contribution < -0.4 is 10.0 Å². The zero-order valence-electron chi connectivity index (χ0n) is 13.7. The van der Waals surface area contributed by atoms with Gasteiger partial charge in [-0.2, -0.15) is 0 Å². The van der Waals surface area contributed by atoms with Crippen LogP contribution in [0.25, 0.3) is 0 Å². The van der Waals surface area contributed by atoms with Crippen molar-refractivity contribution in [1.29, 1.82) is 0 Å². The molecular formula is C17H21N3O3S. The maximum atomic E-state index is 12.1. The third kappa shape index (κ3) is 5.14. The van der Waals surface area contributed by atoms with E-state index in [9.17, 15) is 13.2 Å². The van der Waals surface area contributed by atoms with Gasteiger partial charge in [-0.15, -0.1) is 0 Å². The number of benzene rings is 1. The van der Waals surface area contributed by atoms with Gasteiger partial charge in [0.25, 0.3) is 5.91 Å². The first-order valence-corrected chi connectivity index (χ1v) is 9.17. The predicted octanol–water partition coefficient (Wildman–Crippen LogP) is 1.74. The van der Waals surface area contributed by atoms with Crippen LogP contribution in [-0.2, 0) is 16.4 Å². The molecule has 0 aliphatic heterocycles. The van der Waals surface area contributed by atoms with Crippen molar-refractivity contribution >= 4 is 15.9 Å². The van der Waals surface area contributed by atoms with Crippen LogP contribution in [-0.4, -0.2) is 31.9 Å². The van der Waals surface area contributed by atoms with Crippen LogP contribution in [0.3, 0.4) is 0 Å². The average Bonchev–Trinajstić information content (AvgIpc) is 2.55. The lowest BCUT2D eigenvalue weighted by Crippen LogP contribution is -2.30. The maximum absolute atomic E-state index is 12.1. The summed E-state index contributed by atoms with van der Waals surface area (Å²) in [6.45, 7) is 3.96. The molecule has 24 heavy (non-hydrogen) atoms. The van der Waals surface area contributed by atoms with Gasteiger partial charge in [-0.25, -0.2) is 13.1 Å². The largest absolute Gasteiger partial charge is 0.352 e. The van der Waals surface area contributed by atoms with E-state index in [-0.39, 0.29) is 16.8 Å². The Balaban J connectivity index is 1.94. The SMILES string of the molecule is CC(C)NS(=O)(=O)c1ccc(C(=O)NCCc2ccccn2)cc1. The standard InChI is InChI=1S/C17H21N3O3S/c1-13(2)20-24(22,23)16-8-6-14(7-9-16)17(21)19-12-10-15-5-3-4-11-18-15/h3-9,11,13,20H,10,12H2,1-2H3,(H,19,21). The molecule has 0 aliphatic carbocycles. The van der Waals surface area contributed by atoms with Gasteiger partial charge in [-0.3, -0.25) is 9.78 Å². The minimum Gasteiger partial charge on any atom is -0.352 e. The lowest BCUT2D eigenvalue weighted by molar-refractivity contribution is 0.0954. The number of nitrogens with zero attached hydrogens (tertiary/aromatic N) is 1. The van der Waals surface area contributed by atoms with E-state index in [1.165, 1.54) is 24.3 Å². The molecule has 6 nitrogen and oxygen atoms in total. The van der Waals surface area contributed by atoms with Gasteiger partial charge >= 0.3 is 0 Å². The molecule has 1 amide bonds. The Morgan fingerprint density at radius 1 is 1.12 bits per heavy atom. The van der Waals surface area contributed by atoms with Crippen molar-refractivity contribution in [2.75, 3.05) is 6.54 Å². The summed E-state index contributed by atoms with van der Waals surface area (Å²) < 4.78 is 26.6. The molecule has 0 bridgehead atoms. The smallest absolute Gasteiger partial charge is 0.251 e. The minimum absolute atomic E-state index is 0.140. The van der Waals surface area contributed by atoms with Gasteiger partial charge < -0.3 is 5.32 Å². The van der Waals surface area contributed by atoms with Crippen LogP contribution in [0.15, 0.2) is 53.6 Å². The zero-order chi connectivity index (χ0) is 17.6. The Hall–Kier alpha value is -2.25. The summed E-state index contributed by atoms with van der Waals surface area (Å²) in [6.07, 6.45) is 2.35. The van der Waals surface area contributed by atoms with Crippen molar-refractivity contribution in [3.05, 3.63) is 59.9 Å². The van der Waals surface area contributed by atoms with Crippen LogP contribution in [0.1, 0.15) is 29.9 Å². The molecule has 2 N–H and O–H groups in total. The van der Waals surface area contributed by atoms with Crippen molar-refractivity contribution < 1.29 is 13.2 Å². The Morgan fingerprint density at radius 3 is 2.42 bits per heavy atom. The van der Waals surface area contributed by atoms with E-state index in [0.29, 0.717) is 18.5 Å². The fourth-order valence-electron chi connectivity index (χ4n) is 2.12. The van der Waals surface area contributed by atoms with Gasteiger partial charge in [-0.1, -0.05) is 6.07 Å². The Morgan fingerprint density at radius 2 is 1.83 bits per heavy atom. The summed E-state index contributed by atoms with van der Waals surface area (Å²) in [5.41, 5.74) is 1.32. The number of amides is 1. The highest BCUT2D eigenvalue weighted by Crippen LogP contribution is 2.11. The number of pyridine rings is 1. The molecule has 1 heterocycles. The molecular weight excluding hydrogens is 326 g/mol. The van der Waals surface area contributed by atoms with E-state index >= 15 is 0 Å². The first-order chi connectivity index (χ1) is 11.4. The van der Waals surface area contributed by atoms with Crippen molar-refractivity contribution in [3.8, 4) is 0 Å². The van der Waals surface area contributed by atoms with E-state index in [0.717, 1.165) is 5.69 Å². The first kappa shape index (κ1) is 18.1. The second-order valence-electron chi connectivity index (χ2n) is 5.63. The van der Waals surface area contributed by atoms with Crippen LogP contribution in [0.4, 0.5) is 0 Å². The van der Waals surface area contributed by atoms with E-state index in [1.54, 1.807) is 20.0 Å². The monoisotopic (exact) mass is 347 g/mol. The molecule has 2 aromatic rings. The highest BCUT2D eigenvalue weighted by atomic mass is 32.2. The maximum Gasteiger partial charge on any atom is 0.251 e. The number of hydrogen-bond acceptors (Lipinski definition) is 4. The zero-order valence-corrected chi connectivity index (χ0v) is 14.5. The van der Waals surface area contributed by atoms with Gasteiger partial charge in [0, 0.05) is 36.5 Å². The summed E-state index contributed by atoms with van der Waals surface area (Å²) in [5, 5.41) is 2.79. The fourth-order valence-corrected chi connectivity index (χ4v) is 3.37. The van der Waals surface area contributed by atoms with Crippen molar-refractivity contribution in [2.24, 2.45) is 0 Å². The Labute approximate surface area is 142 Å². The van der Waals surface area contributed by atoms with Crippen LogP contribution in [0.2, 0.25) is 0 Å². The van der Waals surface area contributed by atoms with Crippen LogP contribution in [0, 0.1) is 0 Å². The second-order valence-corrected chi connectivity index (χ2v) is 7.34. The molecule has 0 fully saturated rings. The fraction of sp³-hybridized carbons (Fsp3) is 0.294. The molecule has 0 atom stereocenters. The molecule has 0 unspecified atom stereocenters. The third-order valence-electron chi connectivity index (χ3n) is 3.21. The Kier molecular flexibility index (Phi) is 6.05. The summed E-state index contributed by atoms with van der Waals surface area (Å²) in [6, 6.07) is 11.3. The van der Waals surface area contributed by atoms with Crippen molar-refractivity contribution in [2.45, 2.75) is 31.2 Å². The number of hydrogen-bond donors (Lipinski definition) is 2. The summed E-state index contributed by atoms with van der Waals surface area (Å²) >= 11 is 0. The molecule has 0 aliphatic rings. The van der Waals surface area contributed by atoms with E-state index in [2.05, 4.69) is 15.0 Å². The lowest BCUT2D eigenvalue weighted by atomic mass is 10.2. The Bertz CT molecular complexity index is 772. The number of carbonyl (C=O) groups excluding carboxylic acids is 1. The summed E-state index contributed by atoms with van der Waals surface area (Å²) in [4.78, 5) is 16.4. The average molecular weight is 347 g/mol. The predicted molar refractivity (Wildman–Crippen MR) is 92.2 cm³/mol. The topological polar surface area (TPSA) is 88.2 Å².